The Morgan fingerprint density at radius 1 is 0.931 bits per heavy atom. The van der Waals surface area contributed by atoms with Crippen LogP contribution in [0.4, 0.5) is 0 Å². The summed E-state index contributed by atoms with van der Waals surface area (Å²) in [4.78, 5) is 36.7. The number of carbonyl (C=O) groups is 3. The topological polar surface area (TPSA) is 51.2 Å². The first-order valence-electron chi connectivity index (χ1n) is 10.2. The summed E-state index contributed by atoms with van der Waals surface area (Å²) in [6.45, 7) is 6.49. The van der Waals surface area contributed by atoms with E-state index < -0.39 is 0 Å². The number of hydrogen-bond donors (Lipinski definition) is 0. The van der Waals surface area contributed by atoms with Crippen molar-refractivity contribution in [2.75, 3.05) is 0 Å². The number of halogens is 1. The number of ketones is 2. The zero-order valence-corrected chi connectivity index (χ0v) is 18.0. The summed E-state index contributed by atoms with van der Waals surface area (Å²) in [6, 6.07) is 12.7. The minimum absolute atomic E-state index is 0.0767. The van der Waals surface area contributed by atoms with Crippen molar-refractivity contribution in [2.24, 2.45) is 5.92 Å². The van der Waals surface area contributed by atoms with Crippen molar-refractivity contribution in [3.05, 3.63) is 70.3 Å². The predicted molar refractivity (Wildman–Crippen MR) is 116 cm³/mol. The van der Waals surface area contributed by atoms with Crippen LogP contribution in [0.15, 0.2) is 42.5 Å². The normalized spacial score (nSPS) is 14.3. The van der Waals surface area contributed by atoms with E-state index >= 15 is 0 Å². The highest BCUT2D eigenvalue weighted by Crippen LogP contribution is 2.34. The minimum Gasteiger partial charge on any atom is -0.289 e. The van der Waals surface area contributed by atoms with E-state index in [1.54, 1.807) is 30.3 Å². The van der Waals surface area contributed by atoms with Gasteiger partial charge >= 0.3 is 0 Å². The van der Waals surface area contributed by atoms with Gasteiger partial charge in [-0.05, 0) is 53.5 Å². The lowest BCUT2D eigenvalue weighted by Gasteiger charge is -2.28. The molecule has 0 aliphatic heterocycles. The lowest BCUT2D eigenvalue weighted by molar-refractivity contribution is -0.111. The zero-order chi connectivity index (χ0) is 21.2. The van der Waals surface area contributed by atoms with Crippen LogP contribution in [0.2, 0.25) is 0 Å². The zero-order valence-electron chi connectivity index (χ0n) is 17.3. The van der Waals surface area contributed by atoms with Crippen LogP contribution in [0.25, 0.3) is 0 Å². The van der Waals surface area contributed by atoms with Crippen molar-refractivity contribution in [1.82, 2.24) is 0 Å². The Balaban J connectivity index is 1.74. The Morgan fingerprint density at radius 3 is 2.14 bits per heavy atom. The van der Waals surface area contributed by atoms with E-state index in [0.29, 0.717) is 34.6 Å². The fourth-order valence-electron chi connectivity index (χ4n) is 4.06. The van der Waals surface area contributed by atoms with Crippen LogP contribution in [-0.4, -0.2) is 16.8 Å². The summed E-state index contributed by atoms with van der Waals surface area (Å²) < 4.78 is 0. The average Bonchev–Trinajstić information content (AvgIpc) is 2.70. The van der Waals surface area contributed by atoms with Gasteiger partial charge in [-0.25, -0.2) is 0 Å². The lowest BCUT2D eigenvalue weighted by Crippen LogP contribution is -2.23. The maximum Gasteiger partial charge on any atom is 0.221 e. The van der Waals surface area contributed by atoms with E-state index in [1.165, 1.54) is 0 Å². The molecule has 0 radical (unpaired) electrons. The molecule has 0 spiro atoms. The van der Waals surface area contributed by atoms with E-state index in [1.807, 2.05) is 12.1 Å². The molecule has 0 aromatic heterocycles. The molecule has 29 heavy (non-hydrogen) atoms. The number of fused-ring (bicyclic) bond motifs is 2. The molecular formula is C25H27ClO3. The van der Waals surface area contributed by atoms with Crippen LogP contribution >= 0.6 is 11.6 Å². The van der Waals surface area contributed by atoms with Gasteiger partial charge in [-0.3, -0.25) is 14.4 Å². The summed E-state index contributed by atoms with van der Waals surface area (Å²) >= 11 is 5.43. The number of benzene rings is 2. The second kappa shape index (κ2) is 8.62. The molecule has 0 bridgehead atoms. The Morgan fingerprint density at radius 2 is 1.52 bits per heavy atom. The quantitative estimate of drug-likeness (QED) is 0.422. The fraction of sp³-hybridized carbons (Fsp3) is 0.400. The molecule has 1 aliphatic carbocycles. The van der Waals surface area contributed by atoms with Crippen molar-refractivity contribution >= 4 is 28.4 Å². The number of rotatable bonds is 8. The molecule has 4 heteroatoms. The van der Waals surface area contributed by atoms with Gasteiger partial charge in [-0.2, -0.15) is 0 Å². The van der Waals surface area contributed by atoms with Crippen LogP contribution < -0.4 is 0 Å². The smallest absolute Gasteiger partial charge is 0.221 e. The van der Waals surface area contributed by atoms with E-state index in [-0.39, 0.29) is 22.2 Å². The minimum atomic E-state index is -0.271. The van der Waals surface area contributed by atoms with Gasteiger partial charge in [0.05, 0.1) is 0 Å². The van der Waals surface area contributed by atoms with E-state index in [2.05, 4.69) is 20.8 Å². The molecule has 2 aromatic carbocycles. The maximum absolute atomic E-state index is 13.0. The molecule has 1 aliphatic rings. The maximum atomic E-state index is 13.0. The molecule has 0 saturated carbocycles. The number of hydrogen-bond acceptors (Lipinski definition) is 3. The van der Waals surface area contributed by atoms with Crippen LogP contribution in [0.5, 0.6) is 0 Å². The summed E-state index contributed by atoms with van der Waals surface area (Å²) in [5.74, 6) is 0.294. The molecular weight excluding hydrogens is 384 g/mol. The van der Waals surface area contributed by atoms with Crippen molar-refractivity contribution < 1.29 is 14.4 Å². The summed E-state index contributed by atoms with van der Waals surface area (Å²) in [7, 11) is 0. The van der Waals surface area contributed by atoms with Gasteiger partial charge in [0.25, 0.3) is 0 Å². The molecule has 3 rings (SSSR count). The van der Waals surface area contributed by atoms with Crippen molar-refractivity contribution in [3.8, 4) is 0 Å². The third-order valence-electron chi connectivity index (χ3n) is 6.04. The fourth-order valence-corrected chi connectivity index (χ4v) is 4.17. The average molecular weight is 411 g/mol. The second-order valence-corrected chi connectivity index (χ2v) is 9.16. The van der Waals surface area contributed by atoms with E-state index in [4.69, 9.17) is 11.6 Å². The first-order chi connectivity index (χ1) is 13.7. The highest BCUT2D eigenvalue weighted by atomic mass is 35.5. The molecule has 0 N–H and O–H groups in total. The van der Waals surface area contributed by atoms with Crippen LogP contribution in [-0.2, 0) is 10.2 Å². The van der Waals surface area contributed by atoms with Gasteiger partial charge in [-0.15, -0.1) is 0 Å². The van der Waals surface area contributed by atoms with Crippen molar-refractivity contribution in [2.45, 2.75) is 58.3 Å². The van der Waals surface area contributed by atoms with E-state index in [9.17, 15) is 14.4 Å². The Hall–Kier alpha value is -2.26. The summed E-state index contributed by atoms with van der Waals surface area (Å²) in [6.07, 6.45) is 4.26. The highest BCUT2D eigenvalue weighted by Gasteiger charge is 2.31. The van der Waals surface area contributed by atoms with Gasteiger partial charge in [-0.1, -0.05) is 63.9 Å². The molecule has 0 fully saturated rings. The van der Waals surface area contributed by atoms with E-state index in [0.717, 1.165) is 31.2 Å². The molecule has 2 aromatic rings. The van der Waals surface area contributed by atoms with Crippen LogP contribution in [0.1, 0.15) is 90.3 Å². The largest absolute Gasteiger partial charge is 0.289 e. The molecule has 0 heterocycles. The molecule has 3 nitrogen and oxygen atoms in total. The molecule has 0 saturated heterocycles. The Kier molecular flexibility index (Phi) is 6.38. The molecule has 1 atom stereocenters. The van der Waals surface area contributed by atoms with Crippen LogP contribution in [0.3, 0.4) is 0 Å². The van der Waals surface area contributed by atoms with Gasteiger partial charge in [0, 0.05) is 28.7 Å². The Bertz CT molecular complexity index is 958. The first-order valence-corrected chi connectivity index (χ1v) is 10.6. The monoisotopic (exact) mass is 410 g/mol. The molecule has 0 amide bonds. The highest BCUT2D eigenvalue weighted by molar-refractivity contribution is 6.63. The van der Waals surface area contributed by atoms with Gasteiger partial charge in [0.1, 0.15) is 0 Å². The standard InChI is InChI=1S/C25H27ClO3/c1-16(10-13-22(26)27)7-6-14-25(2,3)17-11-12-20-21(15-17)24(29)19-9-5-4-8-18(19)23(20)28/h4-5,8-9,11-12,15-16H,6-7,10,13-14H2,1-3H3. The third kappa shape index (κ3) is 4.67. The Labute approximate surface area is 177 Å². The summed E-state index contributed by atoms with van der Waals surface area (Å²) in [5, 5.41) is -0.271. The van der Waals surface area contributed by atoms with Crippen LogP contribution in [0, 0.1) is 5.92 Å². The van der Waals surface area contributed by atoms with Crippen molar-refractivity contribution in [1.29, 1.82) is 0 Å². The van der Waals surface area contributed by atoms with Gasteiger partial charge < -0.3 is 0 Å². The number of carbonyl (C=O) groups excluding carboxylic acids is 3. The second-order valence-electron chi connectivity index (χ2n) is 8.74. The summed E-state index contributed by atoms with van der Waals surface area (Å²) in [5.41, 5.74) is 2.93. The molecule has 152 valence electrons. The van der Waals surface area contributed by atoms with Crippen molar-refractivity contribution in [3.63, 3.8) is 0 Å². The predicted octanol–water partition coefficient (Wildman–Crippen LogP) is 6.09. The molecule has 1 unspecified atom stereocenters. The van der Waals surface area contributed by atoms with Gasteiger partial charge in [0.15, 0.2) is 11.6 Å². The lowest BCUT2D eigenvalue weighted by atomic mass is 9.76. The SMILES string of the molecule is CC(CCCC(C)(C)c1ccc2c(c1)C(=O)c1ccccc1C2=O)CCC(=O)Cl. The van der Waals surface area contributed by atoms with Gasteiger partial charge in [0.2, 0.25) is 5.24 Å². The first kappa shape index (κ1) is 21.4. The third-order valence-corrected chi connectivity index (χ3v) is 6.23.